The van der Waals surface area contributed by atoms with E-state index in [9.17, 15) is 4.39 Å². The first-order valence-electron chi connectivity index (χ1n) is 7.22. The Morgan fingerprint density at radius 2 is 2.15 bits per heavy atom. The maximum absolute atomic E-state index is 13.2. The number of benzene rings is 1. The molecule has 4 heteroatoms. The summed E-state index contributed by atoms with van der Waals surface area (Å²) in [5, 5.41) is 3.63. The van der Waals surface area contributed by atoms with E-state index in [0.29, 0.717) is 12.0 Å². The van der Waals surface area contributed by atoms with Gasteiger partial charge in [0.15, 0.2) is 0 Å². The third-order valence-electron chi connectivity index (χ3n) is 4.25. The van der Waals surface area contributed by atoms with E-state index in [4.69, 9.17) is 0 Å². The lowest BCUT2D eigenvalue weighted by molar-refractivity contribution is 0.0473. The van der Waals surface area contributed by atoms with Crippen LogP contribution in [0.2, 0.25) is 0 Å². The van der Waals surface area contributed by atoms with Crippen LogP contribution in [0.5, 0.6) is 0 Å². The average Bonchev–Trinajstić information content (AvgIpc) is 2.34. The molecule has 0 bridgehead atoms. The van der Waals surface area contributed by atoms with Crippen LogP contribution in [0.1, 0.15) is 33.3 Å². The molecule has 1 aromatic rings. The maximum atomic E-state index is 13.2. The van der Waals surface area contributed by atoms with Gasteiger partial charge >= 0.3 is 0 Å². The van der Waals surface area contributed by atoms with Crippen LogP contribution in [0.4, 0.5) is 4.39 Å². The van der Waals surface area contributed by atoms with Crippen LogP contribution >= 0.6 is 15.9 Å². The molecule has 1 saturated heterocycles. The molecule has 1 aliphatic heterocycles. The van der Waals surface area contributed by atoms with Crippen molar-refractivity contribution in [3.63, 3.8) is 0 Å². The van der Waals surface area contributed by atoms with Gasteiger partial charge in [-0.15, -0.1) is 0 Å². The Labute approximate surface area is 129 Å². The first-order chi connectivity index (χ1) is 9.29. The first-order valence-corrected chi connectivity index (χ1v) is 8.01. The quantitative estimate of drug-likeness (QED) is 0.898. The Hall–Kier alpha value is -0.450. The summed E-state index contributed by atoms with van der Waals surface area (Å²) in [6.45, 7) is 11.9. The van der Waals surface area contributed by atoms with E-state index >= 15 is 0 Å². The molecule has 112 valence electrons. The highest BCUT2D eigenvalue weighted by molar-refractivity contribution is 9.10. The Bertz CT molecular complexity index is 474. The minimum absolute atomic E-state index is 0.110. The molecule has 1 aliphatic rings. The summed E-state index contributed by atoms with van der Waals surface area (Å²) in [5.41, 5.74) is 1.25. The van der Waals surface area contributed by atoms with Gasteiger partial charge in [0.25, 0.3) is 0 Å². The molecule has 1 N–H and O–H groups in total. The van der Waals surface area contributed by atoms with E-state index in [0.717, 1.165) is 29.7 Å². The van der Waals surface area contributed by atoms with Crippen molar-refractivity contribution in [2.24, 2.45) is 5.92 Å². The zero-order valence-electron chi connectivity index (χ0n) is 12.7. The molecule has 2 nitrogen and oxygen atoms in total. The minimum Gasteiger partial charge on any atom is -0.311 e. The number of nitrogens with zero attached hydrogens (tertiary/aromatic N) is 1. The van der Waals surface area contributed by atoms with Gasteiger partial charge in [-0.05, 0) is 37.5 Å². The molecule has 2 rings (SSSR count). The van der Waals surface area contributed by atoms with Crippen LogP contribution in [-0.2, 0) is 6.54 Å². The van der Waals surface area contributed by atoms with Crippen molar-refractivity contribution in [2.45, 2.75) is 45.8 Å². The normalized spacial score (nSPS) is 23.2. The van der Waals surface area contributed by atoms with E-state index in [1.807, 2.05) is 6.07 Å². The molecule has 0 aliphatic carbocycles. The van der Waals surface area contributed by atoms with Gasteiger partial charge < -0.3 is 5.32 Å². The van der Waals surface area contributed by atoms with Crippen LogP contribution in [0, 0.1) is 11.7 Å². The van der Waals surface area contributed by atoms with Crippen molar-refractivity contribution in [1.82, 2.24) is 10.2 Å². The van der Waals surface area contributed by atoms with Gasteiger partial charge in [-0.1, -0.05) is 35.8 Å². The van der Waals surface area contributed by atoms with Crippen molar-refractivity contribution >= 4 is 15.9 Å². The van der Waals surface area contributed by atoms with Gasteiger partial charge in [0.2, 0.25) is 0 Å². The molecule has 0 spiro atoms. The topological polar surface area (TPSA) is 15.3 Å². The van der Waals surface area contributed by atoms with Crippen molar-refractivity contribution < 1.29 is 4.39 Å². The monoisotopic (exact) mass is 342 g/mol. The van der Waals surface area contributed by atoms with E-state index in [1.165, 1.54) is 6.07 Å². The Kier molecular flexibility index (Phi) is 4.88. The predicted molar refractivity (Wildman–Crippen MR) is 85.2 cm³/mol. The van der Waals surface area contributed by atoms with Crippen molar-refractivity contribution in [3.05, 3.63) is 34.1 Å². The smallest absolute Gasteiger partial charge is 0.124 e. The number of rotatable bonds is 3. The fraction of sp³-hybridized carbons (Fsp3) is 0.625. The highest BCUT2D eigenvalue weighted by atomic mass is 79.9. The fourth-order valence-electron chi connectivity index (χ4n) is 2.62. The molecule has 20 heavy (non-hydrogen) atoms. The number of piperazine rings is 1. The molecule has 1 aromatic carbocycles. The second-order valence-electron chi connectivity index (χ2n) is 6.66. The second kappa shape index (κ2) is 6.12. The molecule has 0 amide bonds. The van der Waals surface area contributed by atoms with E-state index in [-0.39, 0.29) is 11.4 Å². The summed E-state index contributed by atoms with van der Waals surface area (Å²) in [7, 11) is 0. The van der Waals surface area contributed by atoms with Crippen molar-refractivity contribution in [1.29, 1.82) is 0 Å². The molecular formula is C16H24BrFN2. The summed E-state index contributed by atoms with van der Waals surface area (Å²) >= 11 is 3.47. The third kappa shape index (κ3) is 3.60. The summed E-state index contributed by atoms with van der Waals surface area (Å²) in [6, 6.07) is 5.48. The lowest BCUT2D eigenvalue weighted by atomic mass is 9.92. The summed E-state index contributed by atoms with van der Waals surface area (Å²) in [6.07, 6.45) is 0. The molecule has 0 saturated carbocycles. The minimum atomic E-state index is -0.194. The van der Waals surface area contributed by atoms with Crippen LogP contribution in [0.15, 0.2) is 22.7 Å². The van der Waals surface area contributed by atoms with Crippen LogP contribution in [-0.4, -0.2) is 29.6 Å². The summed E-state index contributed by atoms with van der Waals surface area (Å²) in [5.74, 6) is 0.422. The molecule has 1 unspecified atom stereocenters. The lowest BCUT2D eigenvalue weighted by Gasteiger charge is -2.47. The predicted octanol–water partition coefficient (Wildman–Crippen LogP) is 3.80. The highest BCUT2D eigenvalue weighted by Gasteiger charge is 2.34. The largest absolute Gasteiger partial charge is 0.311 e. The molecule has 0 aromatic heterocycles. The third-order valence-corrected chi connectivity index (χ3v) is 4.99. The molecule has 1 atom stereocenters. The Morgan fingerprint density at radius 1 is 1.45 bits per heavy atom. The number of hydrogen-bond acceptors (Lipinski definition) is 2. The SMILES string of the molecule is CC(C)C1CN(Cc2ccc(F)cc2Br)C(C)(C)CN1. The van der Waals surface area contributed by atoms with Gasteiger partial charge in [-0.2, -0.15) is 0 Å². The highest BCUT2D eigenvalue weighted by Crippen LogP contribution is 2.26. The van der Waals surface area contributed by atoms with Crippen LogP contribution < -0.4 is 5.32 Å². The lowest BCUT2D eigenvalue weighted by Crippen LogP contribution is -2.62. The summed E-state index contributed by atoms with van der Waals surface area (Å²) in [4.78, 5) is 2.49. The van der Waals surface area contributed by atoms with Gasteiger partial charge in [0.05, 0.1) is 0 Å². The zero-order chi connectivity index (χ0) is 14.9. The number of hydrogen-bond donors (Lipinski definition) is 1. The van der Waals surface area contributed by atoms with Crippen molar-refractivity contribution in [2.75, 3.05) is 13.1 Å². The van der Waals surface area contributed by atoms with Gasteiger partial charge in [-0.25, -0.2) is 4.39 Å². The van der Waals surface area contributed by atoms with Crippen LogP contribution in [0.3, 0.4) is 0 Å². The zero-order valence-corrected chi connectivity index (χ0v) is 14.3. The van der Waals surface area contributed by atoms with E-state index in [1.54, 1.807) is 6.07 Å². The maximum Gasteiger partial charge on any atom is 0.124 e. The average molecular weight is 343 g/mol. The van der Waals surface area contributed by atoms with Gasteiger partial charge in [0, 0.05) is 35.7 Å². The second-order valence-corrected chi connectivity index (χ2v) is 7.51. The Morgan fingerprint density at radius 3 is 2.75 bits per heavy atom. The van der Waals surface area contributed by atoms with E-state index < -0.39 is 0 Å². The standard InChI is InChI=1S/C16H24BrFN2/c1-11(2)15-9-20(16(3,4)10-19-15)8-12-5-6-13(18)7-14(12)17/h5-7,11,15,19H,8-10H2,1-4H3. The first kappa shape index (κ1) is 15.9. The number of nitrogens with one attached hydrogen (secondary N) is 1. The van der Waals surface area contributed by atoms with Gasteiger partial charge in [-0.3, -0.25) is 4.90 Å². The molecule has 1 heterocycles. The summed E-state index contributed by atoms with van der Waals surface area (Å²) < 4.78 is 14.0. The van der Waals surface area contributed by atoms with Gasteiger partial charge in [0.1, 0.15) is 5.82 Å². The van der Waals surface area contributed by atoms with E-state index in [2.05, 4.69) is 53.8 Å². The fourth-order valence-corrected chi connectivity index (χ4v) is 3.10. The molecular weight excluding hydrogens is 319 g/mol. The Balaban J connectivity index is 2.16. The van der Waals surface area contributed by atoms with Crippen molar-refractivity contribution in [3.8, 4) is 0 Å². The molecule has 0 radical (unpaired) electrons. The number of halogens is 2. The van der Waals surface area contributed by atoms with Crippen LogP contribution in [0.25, 0.3) is 0 Å². The molecule has 1 fully saturated rings.